The maximum atomic E-state index is 11.5. The van der Waals surface area contributed by atoms with E-state index in [2.05, 4.69) is 5.32 Å². The molecule has 18 atom stereocenters. The summed E-state index contributed by atoms with van der Waals surface area (Å²) in [6, 6.07) is -3.99. The van der Waals surface area contributed by atoms with Crippen LogP contribution in [0.1, 0.15) is 12.8 Å². The van der Waals surface area contributed by atoms with Crippen LogP contribution in [0.5, 0.6) is 0 Å². The quantitative estimate of drug-likeness (QED) is 0.0802. The fourth-order valence-electron chi connectivity index (χ4n) is 6.65. The van der Waals surface area contributed by atoms with Gasteiger partial charge in [-0.1, -0.05) is 12.2 Å². The van der Waals surface area contributed by atoms with E-state index in [-0.39, 0.29) is 25.9 Å². The summed E-state index contributed by atoms with van der Waals surface area (Å²) in [5.74, 6) is -0.718. The minimum absolute atomic E-state index is 0.0746. The Morgan fingerprint density at radius 1 is 0.702 bits per heavy atom. The first-order valence-electron chi connectivity index (χ1n) is 16.0. The van der Waals surface area contributed by atoms with Gasteiger partial charge in [-0.15, -0.1) is 0 Å². The molecule has 0 radical (unpaired) electrons. The zero-order valence-corrected chi connectivity index (χ0v) is 26.1. The number of ether oxygens (including phenoxy) is 5. The third kappa shape index (κ3) is 8.66. The largest absolute Gasteiger partial charge is 0.395 e. The number of hydrogen-bond acceptors (Lipinski definition) is 19. The lowest BCUT2D eigenvalue weighted by molar-refractivity contribution is -0.280. The van der Waals surface area contributed by atoms with Crippen molar-refractivity contribution in [2.75, 3.05) is 32.9 Å². The first-order valence-corrected chi connectivity index (χ1v) is 16.0. The van der Waals surface area contributed by atoms with Crippen LogP contribution < -0.4 is 34.0 Å². The Hall–Kier alpha value is -1.02. The van der Waals surface area contributed by atoms with Gasteiger partial charge in [-0.05, 0) is 12.8 Å². The fraction of sp³-hybridized carbons (Fsp3) is 0.929. The summed E-state index contributed by atoms with van der Waals surface area (Å²) in [7, 11) is 0. The summed E-state index contributed by atoms with van der Waals surface area (Å²) in [6.45, 7) is -1.55. The zero-order valence-electron chi connectivity index (χ0n) is 26.1. The van der Waals surface area contributed by atoms with Gasteiger partial charge in [0.25, 0.3) is 0 Å². The molecule has 0 aromatic carbocycles. The highest BCUT2D eigenvalue weighted by Crippen LogP contribution is 2.35. The standard InChI is InChI=1S/C28H54N6O13/c29-5-17-15(38)4-13(32)16(43-17)2-1-11-12(31)3-14(34-10(7-35)8-36)21(39)25(11)46-28-24(42)26(19(9-37)45-28)47-27-20(33)23(41)22(40)18(6-30)44-27/h1-2,10-28,34-42H,3-9,29-33H2. The van der Waals surface area contributed by atoms with Crippen molar-refractivity contribution in [1.29, 1.82) is 0 Å². The number of hydrogen-bond donors (Lipinski definition) is 14. The van der Waals surface area contributed by atoms with Gasteiger partial charge in [0, 0.05) is 37.1 Å². The summed E-state index contributed by atoms with van der Waals surface area (Å²) >= 11 is 0. The number of nitrogens with one attached hydrogen (secondary N) is 1. The molecular formula is C28H54N6O13. The van der Waals surface area contributed by atoms with Crippen molar-refractivity contribution in [1.82, 2.24) is 5.32 Å². The number of aliphatic hydroxyl groups is 8. The van der Waals surface area contributed by atoms with E-state index in [1.807, 2.05) is 0 Å². The van der Waals surface area contributed by atoms with Crippen molar-refractivity contribution < 1.29 is 64.5 Å². The topological polar surface area (TPSA) is 350 Å². The monoisotopic (exact) mass is 682 g/mol. The molecule has 4 fully saturated rings. The molecule has 0 spiro atoms. The maximum absolute atomic E-state index is 11.5. The van der Waals surface area contributed by atoms with E-state index in [1.54, 1.807) is 12.2 Å². The Morgan fingerprint density at radius 3 is 1.96 bits per heavy atom. The summed E-state index contributed by atoms with van der Waals surface area (Å²) < 4.78 is 29.4. The van der Waals surface area contributed by atoms with Crippen LogP contribution >= 0.6 is 0 Å². The van der Waals surface area contributed by atoms with Crippen LogP contribution in [-0.4, -0.2) is 184 Å². The second-order valence-corrected chi connectivity index (χ2v) is 12.8. The molecule has 0 aromatic rings. The van der Waals surface area contributed by atoms with Crippen molar-refractivity contribution in [3.05, 3.63) is 12.2 Å². The predicted molar refractivity (Wildman–Crippen MR) is 162 cm³/mol. The van der Waals surface area contributed by atoms with Crippen molar-refractivity contribution >= 4 is 0 Å². The lowest BCUT2D eigenvalue weighted by Crippen LogP contribution is -2.64. The Kier molecular flexibility index (Phi) is 14.2. The molecule has 1 saturated carbocycles. The number of aliphatic hydroxyl groups excluding tert-OH is 8. The molecule has 3 aliphatic heterocycles. The molecule has 18 unspecified atom stereocenters. The predicted octanol–water partition coefficient (Wildman–Crippen LogP) is -8.05. The van der Waals surface area contributed by atoms with Crippen molar-refractivity contribution in [2.45, 2.75) is 123 Å². The fourth-order valence-corrected chi connectivity index (χ4v) is 6.65. The first kappa shape index (κ1) is 38.8. The second kappa shape index (κ2) is 17.3. The van der Waals surface area contributed by atoms with Gasteiger partial charge in [0.05, 0.1) is 62.4 Å². The van der Waals surface area contributed by atoms with Gasteiger partial charge in [0.15, 0.2) is 12.6 Å². The van der Waals surface area contributed by atoms with Crippen molar-refractivity contribution in [2.24, 2.45) is 34.6 Å². The smallest absolute Gasteiger partial charge is 0.187 e. The minimum Gasteiger partial charge on any atom is -0.395 e. The van der Waals surface area contributed by atoms with Crippen LogP contribution in [0, 0.1) is 5.92 Å². The minimum atomic E-state index is -1.57. The lowest BCUT2D eigenvalue weighted by atomic mass is 9.77. The number of rotatable bonds is 13. The van der Waals surface area contributed by atoms with E-state index in [9.17, 15) is 40.9 Å². The molecule has 0 amide bonds. The van der Waals surface area contributed by atoms with Crippen LogP contribution in [0.2, 0.25) is 0 Å². The zero-order chi connectivity index (χ0) is 34.6. The van der Waals surface area contributed by atoms with Crippen LogP contribution in [0.4, 0.5) is 0 Å². The molecule has 47 heavy (non-hydrogen) atoms. The van der Waals surface area contributed by atoms with Gasteiger partial charge in [0.1, 0.15) is 36.6 Å². The van der Waals surface area contributed by atoms with Crippen molar-refractivity contribution in [3.8, 4) is 0 Å². The SMILES string of the molecule is NCC1OC(C=CC2C(N)CC(NC(CO)CO)C(O)C2OC2OC(CO)C(OC3OC(CN)C(O)C(O)C3N)C2O)C(N)CC1O. The van der Waals surface area contributed by atoms with Gasteiger partial charge < -0.3 is 98.5 Å². The van der Waals surface area contributed by atoms with Crippen LogP contribution in [0.15, 0.2) is 12.2 Å². The molecule has 4 aliphatic rings. The molecule has 274 valence electrons. The highest BCUT2D eigenvalue weighted by Gasteiger charge is 2.53. The average Bonchev–Trinajstić information content (AvgIpc) is 3.35. The van der Waals surface area contributed by atoms with Gasteiger partial charge in [-0.25, -0.2) is 0 Å². The second-order valence-electron chi connectivity index (χ2n) is 12.8. The van der Waals surface area contributed by atoms with Crippen LogP contribution in [-0.2, 0) is 23.7 Å². The third-order valence-corrected chi connectivity index (χ3v) is 9.53. The molecule has 19 nitrogen and oxygen atoms in total. The van der Waals surface area contributed by atoms with Crippen molar-refractivity contribution in [3.63, 3.8) is 0 Å². The Labute approximate surface area is 272 Å². The Bertz CT molecular complexity index is 987. The Morgan fingerprint density at radius 2 is 1.34 bits per heavy atom. The van der Waals surface area contributed by atoms with E-state index >= 15 is 0 Å². The molecule has 3 saturated heterocycles. The van der Waals surface area contributed by atoms with Crippen LogP contribution in [0.25, 0.3) is 0 Å². The summed E-state index contributed by atoms with van der Waals surface area (Å²) in [6.07, 6.45) is -11.5. The number of nitrogens with two attached hydrogens (primary N) is 5. The summed E-state index contributed by atoms with van der Waals surface area (Å²) in [4.78, 5) is 0. The maximum Gasteiger partial charge on any atom is 0.187 e. The molecule has 1 aliphatic carbocycles. The molecule has 0 bridgehead atoms. The average molecular weight is 683 g/mol. The highest BCUT2D eigenvalue weighted by molar-refractivity contribution is 5.11. The van der Waals surface area contributed by atoms with E-state index < -0.39 is 136 Å². The lowest BCUT2D eigenvalue weighted by Gasteiger charge is -2.45. The highest BCUT2D eigenvalue weighted by atomic mass is 16.7. The normalized spacial score (nSPS) is 48.0. The van der Waals surface area contributed by atoms with E-state index in [0.29, 0.717) is 0 Å². The molecule has 19 heteroatoms. The van der Waals surface area contributed by atoms with Gasteiger partial charge in [-0.2, -0.15) is 0 Å². The summed E-state index contributed by atoms with van der Waals surface area (Å²) in [5.41, 5.74) is 30.2. The van der Waals surface area contributed by atoms with E-state index in [0.717, 1.165) is 0 Å². The molecule has 4 rings (SSSR count). The Balaban J connectivity index is 1.55. The van der Waals surface area contributed by atoms with Gasteiger partial charge in [-0.3, -0.25) is 0 Å². The van der Waals surface area contributed by atoms with E-state index in [4.69, 9.17) is 52.4 Å². The molecule has 19 N–H and O–H groups in total. The molecular weight excluding hydrogens is 628 g/mol. The molecule has 0 aromatic heterocycles. The van der Waals surface area contributed by atoms with Crippen LogP contribution in [0.3, 0.4) is 0 Å². The van der Waals surface area contributed by atoms with E-state index in [1.165, 1.54) is 0 Å². The third-order valence-electron chi connectivity index (χ3n) is 9.53. The first-order chi connectivity index (χ1) is 22.4. The summed E-state index contributed by atoms with van der Waals surface area (Å²) in [5, 5.41) is 86.0. The van der Waals surface area contributed by atoms with Gasteiger partial charge >= 0.3 is 0 Å². The molecule has 3 heterocycles. The van der Waals surface area contributed by atoms with Gasteiger partial charge in [0.2, 0.25) is 0 Å².